The van der Waals surface area contributed by atoms with E-state index < -0.39 is 5.54 Å². The van der Waals surface area contributed by atoms with Crippen LogP contribution in [0.25, 0.3) is 0 Å². The van der Waals surface area contributed by atoms with Gasteiger partial charge in [-0.2, -0.15) is 0 Å². The van der Waals surface area contributed by atoms with Crippen LogP contribution in [0.15, 0.2) is 0 Å². The van der Waals surface area contributed by atoms with Crippen molar-refractivity contribution in [2.75, 3.05) is 6.61 Å². The minimum absolute atomic E-state index is 0.00977. The first-order valence-corrected chi connectivity index (χ1v) is 6.50. The van der Waals surface area contributed by atoms with E-state index in [1.54, 1.807) is 0 Å². The van der Waals surface area contributed by atoms with Gasteiger partial charge in [0.15, 0.2) is 5.78 Å². The summed E-state index contributed by atoms with van der Waals surface area (Å²) in [5, 5.41) is 2.95. The molecule has 0 aromatic heterocycles. The molecule has 1 saturated heterocycles. The number of hydrogen-bond donors (Lipinski definition) is 1. The summed E-state index contributed by atoms with van der Waals surface area (Å²) >= 11 is 0. The van der Waals surface area contributed by atoms with Gasteiger partial charge in [0.2, 0.25) is 5.91 Å². The lowest BCUT2D eigenvalue weighted by molar-refractivity contribution is -0.130. The van der Waals surface area contributed by atoms with Crippen LogP contribution in [0.3, 0.4) is 0 Å². The Bertz CT molecular complexity index is 327. The Balaban J connectivity index is 1.96. The summed E-state index contributed by atoms with van der Waals surface area (Å²) < 4.78 is 5.45. The fourth-order valence-electron chi connectivity index (χ4n) is 2.77. The van der Waals surface area contributed by atoms with Gasteiger partial charge in [0.25, 0.3) is 0 Å². The number of fused-ring (bicyclic) bond motifs is 1. The predicted molar refractivity (Wildman–Crippen MR) is 63.5 cm³/mol. The summed E-state index contributed by atoms with van der Waals surface area (Å²) in [5.41, 5.74) is -0.686. The van der Waals surface area contributed by atoms with E-state index in [0.29, 0.717) is 12.3 Å². The van der Waals surface area contributed by atoms with Gasteiger partial charge in [-0.1, -0.05) is 13.8 Å². The second-order valence-corrected chi connectivity index (χ2v) is 5.57. The molecule has 0 spiro atoms. The van der Waals surface area contributed by atoms with Gasteiger partial charge >= 0.3 is 0 Å². The van der Waals surface area contributed by atoms with Crippen molar-refractivity contribution in [3.63, 3.8) is 0 Å². The van der Waals surface area contributed by atoms with Crippen molar-refractivity contribution < 1.29 is 14.3 Å². The summed E-state index contributed by atoms with van der Waals surface area (Å²) in [6.45, 7) is 4.34. The van der Waals surface area contributed by atoms with Crippen LogP contribution in [0.1, 0.15) is 46.0 Å². The zero-order valence-corrected chi connectivity index (χ0v) is 10.6. The second kappa shape index (κ2) is 4.77. The highest BCUT2D eigenvalue weighted by Crippen LogP contribution is 2.37. The number of Topliss-reactive ketones (excluding diaryl/α,β-unsaturated/α-hetero) is 1. The van der Waals surface area contributed by atoms with Crippen LogP contribution in [0, 0.1) is 5.92 Å². The number of hydrogen-bond acceptors (Lipinski definition) is 3. The molecule has 0 bridgehead atoms. The normalized spacial score (nSPS) is 31.9. The molecule has 2 rings (SSSR count). The SMILES string of the molecule is CC(C)CCC(=O)NC12CCCC1OCC2=O. The number of nitrogens with one attached hydrogen (secondary N) is 1. The predicted octanol–water partition coefficient (Wildman–Crippen LogP) is 1.43. The van der Waals surface area contributed by atoms with Crippen molar-refractivity contribution in [3.8, 4) is 0 Å². The van der Waals surface area contributed by atoms with Gasteiger partial charge < -0.3 is 10.1 Å². The van der Waals surface area contributed by atoms with Crippen LogP contribution >= 0.6 is 0 Å². The molecule has 2 atom stereocenters. The third-order valence-corrected chi connectivity index (χ3v) is 3.81. The molecule has 2 unspecified atom stereocenters. The molecule has 0 radical (unpaired) electrons. The molecule has 17 heavy (non-hydrogen) atoms. The molecule has 2 aliphatic rings. The van der Waals surface area contributed by atoms with Crippen LogP contribution in [0.4, 0.5) is 0 Å². The molecule has 1 aliphatic carbocycles. The van der Waals surface area contributed by atoms with E-state index in [0.717, 1.165) is 25.7 Å². The molecule has 2 fully saturated rings. The average Bonchev–Trinajstić information content (AvgIpc) is 2.78. The largest absolute Gasteiger partial charge is 0.367 e. The molecule has 1 saturated carbocycles. The topological polar surface area (TPSA) is 55.4 Å². The van der Waals surface area contributed by atoms with E-state index in [4.69, 9.17) is 4.74 Å². The summed E-state index contributed by atoms with van der Waals surface area (Å²) in [4.78, 5) is 23.8. The van der Waals surface area contributed by atoms with Crippen molar-refractivity contribution in [1.29, 1.82) is 0 Å². The Hall–Kier alpha value is -0.900. The lowest BCUT2D eigenvalue weighted by Gasteiger charge is -2.27. The van der Waals surface area contributed by atoms with Gasteiger partial charge in [0, 0.05) is 6.42 Å². The summed E-state index contributed by atoms with van der Waals surface area (Å²) in [6.07, 6.45) is 3.86. The van der Waals surface area contributed by atoms with Crippen LogP contribution in [0.2, 0.25) is 0 Å². The molecule has 1 amide bonds. The van der Waals surface area contributed by atoms with Gasteiger partial charge in [-0.25, -0.2) is 0 Å². The van der Waals surface area contributed by atoms with Crippen LogP contribution < -0.4 is 5.32 Å². The van der Waals surface area contributed by atoms with Crippen LogP contribution in [0.5, 0.6) is 0 Å². The lowest BCUT2D eigenvalue weighted by atomic mass is 9.92. The number of amides is 1. The zero-order chi connectivity index (χ0) is 12.5. The third-order valence-electron chi connectivity index (χ3n) is 3.81. The van der Waals surface area contributed by atoms with Crippen molar-refractivity contribution in [1.82, 2.24) is 5.32 Å². The Morgan fingerprint density at radius 2 is 2.35 bits per heavy atom. The Labute approximate surface area is 102 Å². The number of ether oxygens (including phenoxy) is 1. The van der Waals surface area contributed by atoms with E-state index in [-0.39, 0.29) is 24.4 Å². The Kier molecular flexibility index (Phi) is 3.52. The number of carbonyl (C=O) groups excluding carboxylic acids is 2. The van der Waals surface area contributed by atoms with Crippen molar-refractivity contribution in [3.05, 3.63) is 0 Å². The summed E-state index contributed by atoms with van der Waals surface area (Å²) in [5.74, 6) is 0.551. The Morgan fingerprint density at radius 1 is 1.59 bits per heavy atom. The molecule has 1 aliphatic heterocycles. The standard InChI is InChI=1S/C13H21NO3/c1-9(2)5-6-12(16)14-13-7-3-4-11(13)17-8-10(13)15/h9,11H,3-8H2,1-2H3,(H,14,16). The molecular weight excluding hydrogens is 218 g/mol. The summed E-state index contributed by atoms with van der Waals surface area (Å²) in [6, 6.07) is 0. The maximum atomic E-state index is 11.9. The van der Waals surface area contributed by atoms with Gasteiger partial charge in [-0.15, -0.1) is 0 Å². The molecule has 96 valence electrons. The highest BCUT2D eigenvalue weighted by Gasteiger charge is 2.54. The smallest absolute Gasteiger partial charge is 0.220 e. The number of ketones is 1. The average molecular weight is 239 g/mol. The fraction of sp³-hybridized carbons (Fsp3) is 0.846. The summed E-state index contributed by atoms with van der Waals surface area (Å²) in [7, 11) is 0. The van der Waals surface area contributed by atoms with E-state index in [1.165, 1.54) is 0 Å². The first-order chi connectivity index (χ1) is 8.04. The maximum Gasteiger partial charge on any atom is 0.220 e. The monoisotopic (exact) mass is 239 g/mol. The van der Waals surface area contributed by atoms with Crippen LogP contribution in [-0.4, -0.2) is 29.9 Å². The maximum absolute atomic E-state index is 11.9. The quantitative estimate of drug-likeness (QED) is 0.807. The molecule has 4 heteroatoms. The van der Waals surface area contributed by atoms with Crippen LogP contribution in [-0.2, 0) is 14.3 Å². The van der Waals surface area contributed by atoms with E-state index in [9.17, 15) is 9.59 Å². The van der Waals surface area contributed by atoms with E-state index in [1.807, 2.05) is 0 Å². The van der Waals surface area contributed by atoms with Gasteiger partial charge in [0.1, 0.15) is 12.1 Å². The second-order valence-electron chi connectivity index (χ2n) is 5.57. The highest BCUT2D eigenvalue weighted by atomic mass is 16.5. The molecule has 4 nitrogen and oxygen atoms in total. The fourth-order valence-corrected chi connectivity index (χ4v) is 2.77. The van der Waals surface area contributed by atoms with Crippen molar-refractivity contribution in [2.24, 2.45) is 5.92 Å². The van der Waals surface area contributed by atoms with Crippen molar-refractivity contribution in [2.45, 2.75) is 57.6 Å². The first-order valence-electron chi connectivity index (χ1n) is 6.50. The molecule has 0 aromatic carbocycles. The third kappa shape index (κ3) is 2.37. The van der Waals surface area contributed by atoms with Gasteiger partial charge in [0.05, 0.1) is 6.10 Å². The van der Waals surface area contributed by atoms with Crippen molar-refractivity contribution >= 4 is 11.7 Å². The molecular formula is C13H21NO3. The van der Waals surface area contributed by atoms with Gasteiger partial charge in [-0.05, 0) is 31.6 Å². The minimum Gasteiger partial charge on any atom is -0.367 e. The first kappa shape index (κ1) is 12.6. The van der Waals surface area contributed by atoms with E-state index in [2.05, 4.69) is 19.2 Å². The van der Waals surface area contributed by atoms with E-state index >= 15 is 0 Å². The zero-order valence-electron chi connectivity index (χ0n) is 10.6. The highest BCUT2D eigenvalue weighted by molar-refractivity contribution is 5.96. The molecule has 1 heterocycles. The minimum atomic E-state index is -0.686. The number of carbonyl (C=O) groups is 2. The lowest BCUT2D eigenvalue weighted by Crippen LogP contribution is -2.55. The molecule has 1 N–H and O–H groups in total. The molecule has 0 aromatic rings. The number of rotatable bonds is 4. The van der Waals surface area contributed by atoms with Gasteiger partial charge in [-0.3, -0.25) is 9.59 Å². The Morgan fingerprint density at radius 3 is 3.06 bits per heavy atom.